The van der Waals surface area contributed by atoms with Crippen LogP contribution in [-0.2, 0) is 5.54 Å². The molecule has 164 valence electrons. The molecule has 30 heavy (non-hydrogen) atoms. The first-order valence-electron chi connectivity index (χ1n) is 11.8. The van der Waals surface area contributed by atoms with E-state index in [1.807, 2.05) is 6.07 Å². The maximum absolute atomic E-state index is 12.2. The van der Waals surface area contributed by atoms with E-state index < -0.39 is 0 Å². The molecule has 1 aromatic rings. The van der Waals surface area contributed by atoms with Crippen molar-refractivity contribution in [3.8, 4) is 0 Å². The number of primary amides is 1. The second-order valence-electron chi connectivity index (χ2n) is 10.2. The van der Waals surface area contributed by atoms with Gasteiger partial charge in [-0.15, -0.1) is 0 Å². The summed E-state index contributed by atoms with van der Waals surface area (Å²) < 4.78 is 0. The molecule has 0 bridgehead atoms. The van der Waals surface area contributed by atoms with Crippen LogP contribution in [0.25, 0.3) is 5.57 Å². The smallest absolute Gasteiger partial charge is 0.250 e. The molecule has 0 spiro atoms. The molecule has 0 atom stereocenters. The fourth-order valence-corrected chi connectivity index (χ4v) is 5.64. The summed E-state index contributed by atoms with van der Waals surface area (Å²) in [5.41, 5.74) is 9.87. The van der Waals surface area contributed by atoms with Crippen molar-refractivity contribution in [3.63, 3.8) is 0 Å². The Labute approximate surface area is 181 Å². The standard InChI is InChI=1S/C25H38N4O/c1-4-28-15-17-29(18-16-28)25(11-5-6-12-25)21-8-7-20(23(26)30)22(27-21)19-9-13-24(2,3)14-10-19/h7-9H,4-6,10-18H2,1-3H3,(H2,26,30). The SMILES string of the molecule is CCN1CCN(C2(c3ccc(C(N)=O)c(C4=CCC(C)(C)CC4)n3)CCCC2)CC1. The predicted octanol–water partition coefficient (Wildman–Crippen LogP) is 4.18. The molecule has 2 N–H and O–H groups in total. The first-order chi connectivity index (χ1) is 14.3. The first kappa shape index (κ1) is 21.5. The molecule has 1 aliphatic heterocycles. The van der Waals surface area contributed by atoms with Crippen LogP contribution in [0.2, 0.25) is 0 Å². The van der Waals surface area contributed by atoms with E-state index in [-0.39, 0.29) is 11.4 Å². The lowest BCUT2D eigenvalue weighted by Gasteiger charge is -2.46. The van der Waals surface area contributed by atoms with Crippen molar-refractivity contribution in [2.24, 2.45) is 11.1 Å². The monoisotopic (exact) mass is 410 g/mol. The van der Waals surface area contributed by atoms with Crippen molar-refractivity contribution >= 4 is 11.5 Å². The molecule has 2 fully saturated rings. The zero-order valence-electron chi connectivity index (χ0n) is 19.0. The molecule has 3 aliphatic rings. The molecule has 5 heteroatoms. The molecular formula is C25H38N4O. The lowest BCUT2D eigenvalue weighted by Crippen LogP contribution is -2.54. The Kier molecular flexibility index (Phi) is 6.04. The molecule has 1 saturated carbocycles. The van der Waals surface area contributed by atoms with Crippen molar-refractivity contribution in [1.29, 1.82) is 0 Å². The van der Waals surface area contributed by atoms with Gasteiger partial charge in [-0.1, -0.05) is 39.7 Å². The summed E-state index contributed by atoms with van der Waals surface area (Å²) in [6.07, 6.45) is 10.2. The summed E-state index contributed by atoms with van der Waals surface area (Å²) in [6, 6.07) is 4.04. The highest BCUT2D eigenvalue weighted by Gasteiger charge is 2.43. The number of pyridine rings is 1. The van der Waals surface area contributed by atoms with Crippen LogP contribution < -0.4 is 5.73 Å². The van der Waals surface area contributed by atoms with Crippen molar-refractivity contribution in [2.75, 3.05) is 32.7 Å². The summed E-state index contributed by atoms with van der Waals surface area (Å²) in [6.45, 7) is 12.4. The average molecular weight is 411 g/mol. The van der Waals surface area contributed by atoms with Gasteiger partial charge in [0.05, 0.1) is 22.5 Å². The molecule has 0 unspecified atom stereocenters. The van der Waals surface area contributed by atoms with Crippen LogP contribution in [0.4, 0.5) is 0 Å². The van der Waals surface area contributed by atoms with Crippen molar-refractivity contribution < 1.29 is 4.79 Å². The fraction of sp³-hybridized carbons (Fsp3) is 0.680. The number of carbonyl (C=O) groups excluding carboxylic acids is 1. The van der Waals surface area contributed by atoms with E-state index in [4.69, 9.17) is 10.7 Å². The molecular weight excluding hydrogens is 372 g/mol. The van der Waals surface area contributed by atoms with E-state index in [0.717, 1.165) is 76.2 Å². The molecule has 1 amide bonds. The van der Waals surface area contributed by atoms with Crippen LogP contribution in [0.1, 0.15) is 87.5 Å². The third-order valence-electron chi connectivity index (χ3n) is 7.77. The van der Waals surface area contributed by atoms with Crippen molar-refractivity contribution in [3.05, 3.63) is 35.2 Å². The third kappa shape index (κ3) is 4.06. The van der Waals surface area contributed by atoms with Crippen LogP contribution in [-0.4, -0.2) is 53.4 Å². The number of rotatable bonds is 5. The van der Waals surface area contributed by atoms with Gasteiger partial charge in [0.2, 0.25) is 0 Å². The predicted molar refractivity (Wildman–Crippen MR) is 122 cm³/mol. The van der Waals surface area contributed by atoms with Gasteiger partial charge < -0.3 is 10.6 Å². The van der Waals surface area contributed by atoms with E-state index >= 15 is 0 Å². The zero-order valence-corrected chi connectivity index (χ0v) is 19.0. The summed E-state index contributed by atoms with van der Waals surface area (Å²) in [7, 11) is 0. The highest BCUT2D eigenvalue weighted by atomic mass is 16.1. The van der Waals surface area contributed by atoms with Crippen molar-refractivity contribution in [1.82, 2.24) is 14.8 Å². The Morgan fingerprint density at radius 3 is 2.37 bits per heavy atom. The van der Waals surface area contributed by atoms with Gasteiger partial charge in [0.25, 0.3) is 5.91 Å². The number of nitrogens with zero attached hydrogens (tertiary/aromatic N) is 3. The van der Waals surface area contributed by atoms with E-state index in [0.29, 0.717) is 11.0 Å². The molecule has 0 radical (unpaired) electrons. The number of allylic oxidation sites excluding steroid dienone is 2. The number of nitrogens with two attached hydrogens (primary N) is 1. The minimum absolute atomic E-state index is 0.0132. The van der Waals surface area contributed by atoms with Crippen LogP contribution >= 0.6 is 0 Å². The summed E-state index contributed by atoms with van der Waals surface area (Å²) in [5, 5.41) is 0. The molecule has 1 aromatic heterocycles. The van der Waals surface area contributed by atoms with Gasteiger partial charge in [0.15, 0.2) is 0 Å². The maximum atomic E-state index is 12.2. The van der Waals surface area contributed by atoms with Gasteiger partial charge in [-0.3, -0.25) is 14.7 Å². The highest BCUT2D eigenvalue weighted by Crippen LogP contribution is 2.45. The molecule has 5 nitrogen and oxygen atoms in total. The average Bonchev–Trinajstić information content (AvgIpc) is 3.24. The Bertz CT molecular complexity index is 814. The van der Waals surface area contributed by atoms with Crippen LogP contribution in [0, 0.1) is 5.41 Å². The Balaban J connectivity index is 1.71. The van der Waals surface area contributed by atoms with Crippen LogP contribution in [0.3, 0.4) is 0 Å². The molecule has 2 heterocycles. The number of aromatic nitrogens is 1. The van der Waals surface area contributed by atoms with Gasteiger partial charge >= 0.3 is 0 Å². The van der Waals surface area contributed by atoms with Crippen LogP contribution in [0.5, 0.6) is 0 Å². The van der Waals surface area contributed by atoms with Crippen molar-refractivity contribution in [2.45, 2.75) is 71.3 Å². The lowest BCUT2D eigenvalue weighted by molar-refractivity contribution is 0.0312. The summed E-state index contributed by atoms with van der Waals surface area (Å²) >= 11 is 0. The normalized spacial score (nSPS) is 24.6. The van der Waals surface area contributed by atoms with Gasteiger partial charge in [-0.05, 0) is 61.8 Å². The quantitative estimate of drug-likeness (QED) is 0.791. The molecule has 2 aliphatic carbocycles. The number of hydrogen-bond acceptors (Lipinski definition) is 4. The Morgan fingerprint density at radius 1 is 1.10 bits per heavy atom. The zero-order chi connectivity index (χ0) is 21.4. The number of hydrogen-bond donors (Lipinski definition) is 1. The van der Waals surface area contributed by atoms with E-state index in [2.05, 4.69) is 42.7 Å². The second-order valence-corrected chi connectivity index (χ2v) is 10.2. The second kappa shape index (κ2) is 8.43. The van der Waals surface area contributed by atoms with E-state index in [1.54, 1.807) is 0 Å². The Hall–Kier alpha value is -1.72. The molecule has 1 saturated heterocycles. The third-order valence-corrected chi connectivity index (χ3v) is 7.77. The summed E-state index contributed by atoms with van der Waals surface area (Å²) in [5.74, 6) is -0.369. The number of piperazine rings is 1. The minimum atomic E-state index is -0.369. The van der Waals surface area contributed by atoms with Gasteiger partial charge in [-0.2, -0.15) is 0 Å². The van der Waals surface area contributed by atoms with Gasteiger partial charge in [0, 0.05) is 26.2 Å². The Morgan fingerprint density at radius 2 is 1.80 bits per heavy atom. The topological polar surface area (TPSA) is 62.5 Å². The first-order valence-corrected chi connectivity index (χ1v) is 11.8. The maximum Gasteiger partial charge on any atom is 0.250 e. The van der Waals surface area contributed by atoms with Crippen LogP contribution in [0.15, 0.2) is 18.2 Å². The van der Waals surface area contributed by atoms with Gasteiger partial charge in [0.1, 0.15) is 0 Å². The largest absolute Gasteiger partial charge is 0.366 e. The molecule has 0 aromatic carbocycles. The lowest BCUT2D eigenvalue weighted by atomic mass is 9.77. The highest BCUT2D eigenvalue weighted by molar-refractivity contribution is 5.97. The van der Waals surface area contributed by atoms with Gasteiger partial charge in [-0.25, -0.2) is 0 Å². The number of carbonyl (C=O) groups is 1. The van der Waals surface area contributed by atoms with E-state index in [9.17, 15) is 4.79 Å². The fourth-order valence-electron chi connectivity index (χ4n) is 5.64. The number of likely N-dealkylation sites (N-methyl/N-ethyl adjacent to an activating group) is 1. The summed E-state index contributed by atoms with van der Waals surface area (Å²) in [4.78, 5) is 22.6. The van der Waals surface area contributed by atoms with E-state index in [1.165, 1.54) is 18.4 Å². The minimum Gasteiger partial charge on any atom is -0.366 e. The number of amides is 1. The molecule has 4 rings (SSSR count).